The average Bonchev–Trinajstić information content (AvgIpc) is 1.83. The van der Waals surface area contributed by atoms with E-state index in [0.29, 0.717) is 6.42 Å². The van der Waals surface area contributed by atoms with Gasteiger partial charge in [-0.3, -0.25) is 9.42 Å². The summed E-state index contributed by atoms with van der Waals surface area (Å²) < 4.78 is 15.2. The molecule has 12 heavy (non-hydrogen) atoms. The van der Waals surface area contributed by atoms with Crippen LogP contribution in [0, 0.1) is 0 Å². The van der Waals surface area contributed by atoms with Gasteiger partial charge in [0.05, 0.1) is 0 Å². The van der Waals surface area contributed by atoms with Crippen LogP contribution in [0.4, 0.5) is 0 Å². The topological polar surface area (TPSA) is 70.0 Å². The van der Waals surface area contributed by atoms with Crippen LogP contribution in [0.2, 0.25) is 0 Å². The minimum absolute atomic E-state index is 0.505. The molecular formula is C6H16NO4P. The van der Waals surface area contributed by atoms with Gasteiger partial charge in [0.15, 0.2) is 0 Å². The summed E-state index contributed by atoms with van der Waals surface area (Å²) in [6.45, 7) is 3.43. The summed E-state index contributed by atoms with van der Waals surface area (Å²) >= 11 is 0. The number of rotatable bonds is 4. The van der Waals surface area contributed by atoms with Crippen molar-refractivity contribution < 1.29 is 18.9 Å². The zero-order valence-corrected chi connectivity index (χ0v) is 8.71. The van der Waals surface area contributed by atoms with Crippen molar-refractivity contribution in [3.05, 3.63) is 0 Å². The Balaban J connectivity index is 4.46. The van der Waals surface area contributed by atoms with Gasteiger partial charge in [-0.05, 0) is 27.4 Å². The lowest BCUT2D eigenvalue weighted by molar-refractivity contribution is -0.0621. The maximum atomic E-state index is 10.6. The molecule has 0 fully saturated rings. The molecule has 74 valence electrons. The van der Waals surface area contributed by atoms with E-state index in [2.05, 4.69) is 4.52 Å². The molecular weight excluding hydrogens is 181 g/mol. The van der Waals surface area contributed by atoms with Gasteiger partial charge in [0, 0.05) is 0 Å². The lowest BCUT2D eigenvalue weighted by Crippen LogP contribution is -2.42. The Hall–Kier alpha value is 0.0700. The average molecular weight is 197 g/mol. The number of phosphoric acid groups is 1. The van der Waals surface area contributed by atoms with Crippen LogP contribution in [-0.4, -0.2) is 34.5 Å². The van der Waals surface area contributed by atoms with Crippen LogP contribution in [-0.2, 0) is 9.09 Å². The van der Waals surface area contributed by atoms with Gasteiger partial charge >= 0.3 is 7.82 Å². The van der Waals surface area contributed by atoms with Crippen molar-refractivity contribution in [3.63, 3.8) is 0 Å². The molecule has 6 heteroatoms. The third-order valence-corrected chi connectivity index (χ3v) is 2.55. The molecule has 1 atom stereocenters. The normalized spacial score (nSPS) is 17.9. The zero-order valence-electron chi connectivity index (χ0n) is 7.81. The Morgan fingerprint density at radius 2 is 1.92 bits per heavy atom. The monoisotopic (exact) mass is 197 g/mol. The molecule has 1 unspecified atom stereocenters. The first-order valence-electron chi connectivity index (χ1n) is 3.65. The predicted molar refractivity (Wildman–Crippen MR) is 45.5 cm³/mol. The molecule has 0 spiro atoms. The van der Waals surface area contributed by atoms with Gasteiger partial charge in [-0.25, -0.2) is 4.57 Å². The van der Waals surface area contributed by atoms with E-state index in [1.165, 1.54) is 0 Å². The lowest BCUT2D eigenvalue weighted by atomic mass is 10.2. The van der Waals surface area contributed by atoms with Gasteiger partial charge in [-0.2, -0.15) is 0 Å². The molecule has 0 amide bonds. The van der Waals surface area contributed by atoms with Gasteiger partial charge in [0.2, 0.25) is 0 Å². The van der Waals surface area contributed by atoms with Gasteiger partial charge in [-0.1, -0.05) is 6.92 Å². The van der Waals surface area contributed by atoms with Crippen molar-refractivity contribution in [2.24, 2.45) is 0 Å². The zero-order chi connectivity index (χ0) is 9.99. The van der Waals surface area contributed by atoms with E-state index in [1.54, 1.807) is 32.8 Å². The first kappa shape index (κ1) is 12.1. The Morgan fingerprint density at radius 1 is 1.50 bits per heavy atom. The van der Waals surface area contributed by atoms with E-state index >= 15 is 0 Å². The second-order valence-corrected chi connectivity index (χ2v) is 4.17. The van der Waals surface area contributed by atoms with Crippen molar-refractivity contribution in [1.29, 1.82) is 0 Å². The van der Waals surface area contributed by atoms with Crippen LogP contribution < -0.4 is 0 Å². The molecule has 0 bridgehead atoms. The van der Waals surface area contributed by atoms with Crippen molar-refractivity contribution >= 4 is 7.82 Å². The first-order valence-corrected chi connectivity index (χ1v) is 5.18. The summed E-state index contributed by atoms with van der Waals surface area (Å²) in [6.07, 6.45) is 0.505. The number of nitrogens with zero attached hydrogens (tertiary/aromatic N) is 1. The SMILES string of the molecule is CCC(C)(OP(=O)(O)O)N(C)C. The fraction of sp³-hybridized carbons (Fsp3) is 1.00. The predicted octanol–water partition coefficient (Wildman–Crippen LogP) is 0.783. The summed E-state index contributed by atoms with van der Waals surface area (Å²) in [6, 6.07) is 0. The first-order chi connectivity index (χ1) is 5.21. The smallest absolute Gasteiger partial charge is 0.303 e. The molecule has 0 saturated heterocycles. The summed E-state index contributed by atoms with van der Waals surface area (Å²) in [5, 5.41) is 0. The summed E-state index contributed by atoms with van der Waals surface area (Å²) in [5.74, 6) is 0. The Bertz CT molecular complexity index is 190. The minimum atomic E-state index is -4.40. The minimum Gasteiger partial charge on any atom is -0.303 e. The van der Waals surface area contributed by atoms with Crippen molar-refractivity contribution in [3.8, 4) is 0 Å². The molecule has 0 aromatic carbocycles. The van der Waals surface area contributed by atoms with Crippen LogP contribution in [0.15, 0.2) is 0 Å². The maximum Gasteiger partial charge on any atom is 0.471 e. The maximum absolute atomic E-state index is 10.6. The van der Waals surface area contributed by atoms with E-state index in [1.807, 2.05) is 0 Å². The van der Waals surface area contributed by atoms with Gasteiger partial charge in [-0.15, -0.1) is 0 Å². The highest BCUT2D eigenvalue weighted by molar-refractivity contribution is 7.46. The summed E-state index contributed by atoms with van der Waals surface area (Å²) in [7, 11) is -0.984. The summed E-state index contributed by atoms with van der Waals surface area (Å²) in [5.41, 5.74) is -0.904. The Kier molecular flexibility index (Phi) is 3.87. The highest BCUT2D eigenvalue weighted by Crippen LogP contribution is 2.42. The third-order valence-electron chi connectivity index (χ3n) is 1.92. The quantitative estimate of drug-likeness (QED) is 0.515. The van der Waals surface area contributed by atoms with Gasteiger partial charge in [0.1, 0.15) is 5.72 Å². The van der Waals surface area contributed by atoms with Crippen LogP contribution >= 0.6 is 7.82 Å². The van der Waals surface area contributed by atoms with Gasteiger partial charge in [0.25, 0.3) is 0 Å². The van der Waals surface area contributed by atoms with E-state index < -0.39 is 13.5 Å². The number of hydrogen-bond donors (Lipinski definition) is 2. The van der Waals surface area contributed by atoms with Crippen LogP contribution in [0.25, 0.3) is 0 Å². The summed E-state index contributed by atoms with van der Waals surface area (Å²) in [4.78, 5) is 18.8. The highest BCUT2D eigenvalue weighted by atomic mass is 31.2. The van der Waals surface area contributed by atoms with E-state index in [4.69, 9.17) is 9.79 Å². The largest absolute Gasteiger partial charge is 0.471 e. The molecule has 0 radical (unpaired) electrons. The molecule has 0 rings (SSSR count). The van der Waals surface area contributed by atoms with Gasteiger partial charge < -0.3 is 9.79 Å². The van der Waals surface area contributed by atoms with Crippen molar-refractivity contribution in [2.45, 2.75) is 26.0 Å². The Labute approximate surface area is 72.6 Å². The third kappa shape index (κ3) is 3.65. The second kappa shape index (κ2) is 3.85. The molecule has 0 aromatic heterocycles. The number of hydrogen-bond acceptors (Lipinski definition) is 3. The van der Waals surface area contributed by atoms with Crippen LogP contribution in [0.5, 0.6) is 0 Å². The second-order valence-electron chi connectivity index (χ2n) is 3.00. The molecule has 0 aliphatic carbocycles. The number of phosphoric ester groups is 1. The lowest BCUT2D eigenvalue weighted by Gasteiger charge is -2.34. The van der Waals surface area contributed by atoms with Crippen LogP contribution in [0.3, 0.4) is 0 Å². The standard InChI is InChI=1S/C6H16NO4P/c1-5-6(2,7(3)4)11-12(8,9)10/h5H2,1-4H3,(H2,8,9,10). The molecule has 0 saturated carbocycles. The van der Waals surface area contributed by atoms with E-state index in [-0.39, 0.29) is 0 Å². The Morgan fingerprint density at radius 3 is 2.00 bits per heavy atom. The molecule has 0 aliphatic rings. The van der Waals surface area contributed by atoms with E-state index in [9.17, 15) is 4.57 Å². The molecule has 0 heterocycles. The molecule has 0 aliphatic heterocycles. The molecule has 2 N–H and O–H groups in total. The fourth-order valence-electron chi connectivity index (χ4n) is 0.719. The van der Waals surface area contributed by atoms with Crippen molar-refractivity contribution in [2.75, 3.05) is 14.1 Å². The fourth-order valence-corrected chi connectivity index (χ4v) is 1.52. The molecule has 5 nitrogen and oxygen atoms in total. The van der Waals surface area contributed by atoms with E-state index in [0.717, 1.165) is 0 Å². The van der Waals surface area contributed by atoms with Crippen molar-refractivity contribution in [1.82, 2.24) is 4.90 Å². The van der Waals surface area contributed by atoms with Crippen LogP contribution in [0.1, 0.15) is 20.3 Å². The highest BCUT2D eigenvalue weighted by Gasteiger charge is 2.33. The molecule has 0 aromatic rings.